The van der Waals surface area contributed by atoms with E-state index in [0.29, 0.717) is 12.1 Å². The molecule has 0 aromatic heterocycles. The van der Waals surface area contributed by atoms with Gasteiger partial charge in [0.25, 0.3) is 0 Å². The number of rotatable bonds is 5. The van der Waals surface area contributed by atoms with Crippen LogP contribution in [0.1, 0.15) is 20.8 Å². The third-order valence-corrected chi connectivity index (χ3v) is 1.74. The van der Waals surface area contributed by atoms with E-state index >= 15 is 0 Å². The SMILES string of the molecule is C=C(C)C(=O)CN(CC)CC. The van der Waals surface area contributed by atoms with Crippen LogP contribution in [0.15, 0.2) is 12.2 Å². The molecule has 0 aliphatic carbocycles. The number of Topliss-reactive ketones (excluding diaryl/α,β-unsaturated/α-hetero) is 1. The van der Waals surface area contributed by atoms with Gasteiger partial charge in [0.1, 0.15) is 0 Å². The first-order valence-electron chi connectivity index (χ1n) is 4.02. The Kier molecular flexibility index (Phi) is 4.79. The van der Waals surface area contributed by atoms with Crippen LogP contribution < -0.4 is 0 Å². The molecule has 0 saturated carbocycles. The predicted molar refractivity (Wildman–Crippen MR) is 47.6 cm³/mol. The van der Waals surface area contributed by atoms with Gasteiger partial charge in [-0.1, -0.05) is 20.4 Å². The Morgan fingerprint density at radius 3 is 2.09 bits per heavy atom. The van der Waals surface area contributed by atoms with Crippen molar-refractivity contribution in [2.45, 2.75) is 20.8 Å². The molecule has 0 saturated heterocycles. The normalized spacial score (nSPS) is 10.2. The monoisotopic (exact) mass is 155 g/mol. The Morgan fingerprint density at radius 2 is 1.82 bits per heavy atom. The summed E-state index contributed by atoms with van der Waals surface area (Å²) >= 11 is 0. The van der Waals surface area contributed by atoms with Crippen LogP contribution in [-0.4, -0.2) is 30.3 Å². The van der Waals surface area contributed by atoms with Crippen molar-refractivity contribution in [1.29, 1.82) is 0 Å². The molecule has 0 aliphatic rings. The topological polar surface area (TPSA) is 20.3 Å². The first-order chi connectivity index (χ1) is 5.11. The number of carbonyl (C=O) groups is 1. The Balaban J connectivity index is 3.81. The number of hydrogen-bond acceptors (Lipinski definition) is 2. The molecule has 2 nitrogen and oxygen atoms in total. The number of ketones is 1. The zero-order chi connectivity index (χ0) is 8.85. The number of carbonyl (C=O) groups excluding carboxylic acids is 1. The highest BCUT2D eigenvalue weighted by Crippen LogP contribution is 1.94. The molecular formula is C9H17NO. The average molecular weight is 155 g/mol. The summed E-state index contributed by atoms with van der Waals surface area (Å²) in [6, 6.07) is 0. The Hall–Kier alpha value is -0.630. The van der Waals surface area contributed by atoms with Gasteiger partial charge in [-0.15, -0.1) is 0 Å². The van der Waals surface area contributed by atoms with Crippen molar-refractivity contribution < 1.29 is 4.79 Å². The molecular weight excluding hydrogens is 138 g/mol. The highest BCUT2D eigenvalue weighted by molar-refractivity contribution is 5.95. The van der Waals surface area contributed by atoms with Crippen molar-refractivity contribution in [3.63, 3.8) is 0 Å². The smallest absolute Gasteiger partial charge is 0.171 e. The summed E-state index contributed by atoms with van der Waals surface area (Å²) in [5.74, 6) is 0.147. The standard InChI is InChI=1S/C9H17NO/c1-5-10(6-2)7-9(11)8(3)4/h3,5-7H2,1-2,4H3. The number of likely N-dealkylation sites (N-methyl/N-ethyl adjacent to an activating group) is 1. The van der Waals surface area contributed by atoms with Crippen LogP contribution in [0.4, 0.5) is 0 Å². The molecule has 64 valence electrons. The fourth-order valence-corrected chi connectivity index (χ4v) is 0.785. The lowest BCUT2D eigenvalue weighted by molar-refractivity contribution is -0.116. The van der Waals surface area contributed by atoms with Crippen LogP contribution in [0.2, 0.25) is 0 Å². The molecule has 0 N–H and O–H groups in total. The van der Waals surface area contributed by atoms with Crippen LogP contribution >= 0.6 is 0 Å². The van der Waals surface area contributed by atoms with Crippen LogP contribution in [0.5, 0.6) is 0 Å². The molecule has 0 amide bonds. The minimum Gasteiger partial charge on any atom is -0.296 e. The molecule has 2 heteroatoms. The summed E-state index contributed by atoms with van der Waals surface area (Å²) in [5, 5.41) is 0. The van der Waals surface area contributed by atoms with E-state index in [0.717, 1.165) is 13.1 Å². The third-order valence-electron chi connectivity index (χ3n) is 1.74. The molecule has 0 spiro atoms. The van der Waals surface area contributed by atoms with Crippen LogP contribution in [0.3, 0.4) is 0 Å². The van der Waals surface area contributed by atoms with Crippen LogP contribution in [0, 0.1) is 0 Å². The third kappa shape index (κ3) is 3.94. The second kappa shape index (κ2) is 5.08. The summed E-state index contributed by atoms with van der Waals surface area (Å²) in [6.45, 7) is 11.8. The predicted octanol–water partition coefficient (Wildman–Crippen LogP) is 1.47. The fourth-order valence-electron chi connectivity index (χ4n) is 0.785. The largest absolute Gasteiger partial charge is 0.296 e. The maximum Gasteiger partial charge on any atom is 0.171 e. The molecule has 0 bridgehead atoms. The zero-order valence-electron chi connectivity index (χ0n) is 7.68. The zero-order valence-corrected chi connectivity index (χ0v) is 7.68. The lowest BCUT2D eigenvalue weighted by Crippen LogP contribution is -2.29. The van der Waals surface area contributed by atoms with Crippen molar-refractivity contribution in [2.75, 3.05) is 19.6 Å². The van der Waals surface area contributed by atoms with Crippen molar-refractivity contribution in [1.82, 2.24) is 4.90 Å². The first kappa shape index (κ1) is 10.4. The Bertz CT molecular complexity index is 148. The summed E-state index contributed by atoms with van der Waals surface area (Å²) in [5.41, 5.74) is 0.650. The van der Waals surface area contributed by atoms with Crippen molar-refractivity contribution in [3.05, 3.63) is 12.2 Å². The van der Waals surface area contributed by atoms with Gasteiger partial charge in [0.2, 0.25) is 0 Å². The summed E-state index contributed by atoms with van der Waals surface area (Å²) in [4.78, 5) is 13.2. The second-order valence-corrected chi connectivity index (χ2v) is 2.66. The second-order valence-electron chi connectivity index (χ2n) is 2.66. The molecule has 0 heterocycles. The van der Waals surface area contributed by atoms with E-state index in [4.69, 9.17) is 0 Å². The van der Waals surface area contributed by atoms with Gasteiger partial charge in [-0.3, -0.25) is 9.69 Å². The molecule has 0 fully saturated rings. The highest BCUT2D eigenvalue weighted by atomic mass is 16.1. The summed E-state index contributed by atoms with van der Waals surface area (Å²) in [6.07, 6.45) is 0. The van der Waals surface area contributed by atoms with Gasteiger partial charge < -0.3 is 0 Å². The summed E-state index contributed by atoms with van der Waals surface area (Å²) < 4.78 is 0. The minimum absolute atomic E-state index is 0.147. The molecule has 0 rings (SSSR count). The first-order valence-corrected chi connectivity index (χ1v) is 4.02. The van der Waals surface area contributed by atoms with Crippen LogP contribution in [0.25, 0.3) is 0 Å². The van der Waals surface area contributed by atoms with Crippen molar-refractivity contribution in [3.8, 4) is 0 Å². The number of nitrogens with zero attached hydrogens (tertiary/aromatic N) is 1. The minimum atomic E-state index is 0.147. The molecule has 0 aliphatic heterocycles. The lowest BCUT2D eigenvalue weighted by atomic mass is 10.2. The quantitative estimate of drug-likeness (QED) is 0.560. The van der Waals surface area contributed by atoms with E-state index < -0.39 is 0 Å². The lowest BCUT2D eigenvalue weighted by Gasteiger charge is -2.16. The van der Waals surface area contributed by atoms with Gasteiger partial charge in [0.15, 0.2) is 5.78 Å². The van der Waals surface area contributed by atoms with E-state index in [1.807, 2.05) is 0 Å². The summed E-state index contributed by atoms with van der Waals surface area (Å²) in [7, 11) is 0. The molecule has 0 radical (unpaired) electrons. The van der Waals surface area contributed by atoms with Crippen LogP contribution in [-0.2, 0) is 4.79 Å². The van der Waals surface area contributed by atoms with Gasteiger partial charge in [-0.25, -0.2) is 0 Å². The van der Waals surface area contributed by atoms with E-state index in [-0.39, 0.29) is 5.78 Å². The Morgan fingerprint density at radius 1 is 1.36 bits per heavy atom. The van der Waals surface area contributed by atoms with Crippen molar-refractivity contribution in [2.24, 2.45) is 0 Å². The van der Waals surface area contributed by atoms with E-state index in [9.17, 15) is 4.79 Å². The fraction of sp³-hybridized carbons (Fsp3) is 0.667. The molecule has 0 aromatic carbocycles. The van der Waals surface area contributed by atoms with E-state index in [1.165, 1.54) is 0 Å². The average Bonchev–Trinajstić information content (AvgIpc) is 1.99. The van der Waals surface area contributed by atoms with Gasteiger partial charge in [0, 0.05) is 0 Å². The maximum absolute atomic E-state index is 11.1. The van der Waals surface area contributed by atoms with Gasteiger partial charge in [0.05, 0.1) is 6.54 Å². The van der Waals surface area contributed by atoms with Gasteiger partial charge >= 0.3 is 0 Å². The molecule has 0 atom stereocenters. The van der Waals surface area contributed by atoms with E-state index in [1.54, 1.807) is 6.92 Å². The highest BCUT2D eigenvalue weighted by Gasteiger charge is 2.06. The van der Waals surface area contributed by atoms with Gasteiger partial charge in [-0.05, 0) is 25.6 Å². The molecule has 0 unspecified atom stereocenters. The maximum atomic E-state index is 11.1. The number of hydrogen-bond donors (Lipinski definition) is 0. The van der Waals surface area contributed by atoms with Gasteiger partial charge in [-0.2, -0.15) is 0 Å². The van der Waals surface area contributed by atoms with Crippen molar-refractivity contribution >= 4 is 5.78 Å². The molecule has 0 aromatic rings. The van der Waals surface area contributed by atoms with E-state index in [2.05, 4.69) is 25.3 Å². The molecule has 11 heavy (non-hydrogen) atoms. The Labute approximate surface area is 68.9 Å².